The van der Waals surface area contributed by atoms with E-state index in [0.717, 1.165) is 22.6 Å². The third-order valence-electron chi connectivity index (χ3n) is 4.40. The van der Waals surface area contributed by atoms with Gasteiger partial charge in [0.25, 0.3) is 0 Å². The molecule has 0 bridgehead atoms. The van der Waals surface area contributed by atoms with Gasteiger partial charge in [-0.25, -0.2) is 0 Å². The topological polar surface area (TPSA) is 31.2 Å². The molecule has 0 atom stereocenters. The average Bonchev–Trinajstić information content (AvgIpc) is 2.82. The lowest BCUT2D eigenvalue weighted by Gasteiger charge is -2.30. The second-order valence-electron chi connectivity index (χ2n) is 6.65. The Hall–Kier alpha value is -1.74. The molecule has 1 fully saturated rings. The second kappa shape index (κ2) is 11.0. The van der Waals surface area contributed by atoms with Crippen LogP contribution in [0.4, 0.5) is 0 Å². The van der Waals surface area contributed by atoms with E-state index in [9.17, 15) is 0 Å². The Kier molecular flexibility index (Phi) is 8.44. The summed E-state index contributed by atoms with van der Waals surface area (Å²) in [5.74, 6) is 2.12. The minimum absolute atomic E-state index is 0.348. The highest BCUT2D eigenvalue weighted by Crippen LogP contribution is 2.39. The van der Waals surface area contributed by atoms with Crippen molar-refractivity contribution in [3.63, 3.8) is 0 Å². The van der Waals surface area contributed by atoms with E-state index in [-0.39, 0.29) is 4.08 Å². The molecule has 0 N–H and O–H groups in total. The van der Waals surface area contributed by atoms with Crippen LogP contribution in [0.2, 0.25) is 0 Å². The maximum absolute atomic E-state index is 5.58. The first kappa shape index (κ1) is 22.9. The Morgan fingerprint density at radius 1 is 0.800 bits per heavy atom. The van der Waals surface area contributed by atoms with E-state index >= 15 is 0 Å². The van der Waals surface area contributed by atoms with Crippen molar-refractivity contribution in [2.75, 3.05) is 25.6 Å². The summed E-state index contributed by atoms with van der Waals surface area (Å²) in [5, 5.41) is 12.8. The number of thiocarbonyl (C=S) groups is 2. The molecule has 3 rings (SSSR count). The van der Waals surface area contributed by atoms with Crippen molar-refractivity contribution >= 4 is 70.4 Å². The molecule has 0 aliphatic carbocycles. The van der Waals surface area contributed by atoms with Crippen molar-refractivity contribution in [3.8, 4) is 0 Å². The maximum atomic E-state index is 5.58. The predicted octanol–water partition coefficient (Wildman–Crippen LogP) is 5.14. The summed E-state index contributed by atoms with van der Waals surface area (Å²) in [6.45, 7) is 0. The summed E-state index contributed by atoms with van der Waals surface area (Å²) < 4.78 is -0.348. The third kappa shape index (κ3) is 6.14. The first-order valence-electron chi connectivity index (χ1n) is 9.55. The highest BCUT2D eigenvalue weighted by molar-refractivity contribution is 8.20. The highest BCUT2D eigenvalue weighted by atomic mass is 32.2. The summed E-state index contributed by atoms with van der Waals surface area (Å²) in [5.41, 5.74) is 1.96. The van der Waals surface area contributed by atoms with Crippen molar-refractivity contribution in [3.05, 3.63) is 71.8 Å². The van der Waals surface area contributed by atoms with Gasteiger partial charge in [-0.15, -0.1) is 23.5 Å². The lowest BCUT2D eigenvalue weighted by Crippen LogP contribution is -2.32. The van der Waals surface area contributed by atoms with E-state index in [0.29, 0.717) is 9.98 Å². The Bertz CT molecular complexity index is 840. The number of nitrogens with zero attached hydrogens (tertiary/aromatic N) is 4. The minimum atomic E-state index is -0.348. The van der Waals surface area contributed by atoms with E-state index in [4.69, 9.17) is 24.4 Å². The van der Waals surface area contributed by atoms with Crippen LogP contribution in [0.3, 0.4) is 0 Å². The lowest BCUT2D eigenvalue weighted by molar-refractivity contribution is 0.554. The summed E-state index contributed by atoms with van der Waals surface area (Å²) in [6.07, 6.45) is 5.06. The van der Waals surface area contributed by atoms with Gasteiger partial charge in [-0.05, 0) is 17.9 Å². The Morgan fingerprint density at radius 2 is 1.20 bits per heavy atom. The summed E-state index contributed by atoms with van der Waals surface area (Å²) >= 11 is 14.8. The molecule has 2 aromatic rings. The fraction of sp³-hybridized carbons (Fsp3) is 0.273. The van der Waals surface area contributed by atoms with Crippen LogP contribution in [0.1, 0.15) is 17.5 Å². The van der Waals surface area contributed by atoms with Crippen LogP contribution in [0.25, 0.3) is 0 Å². The number of hydrazone groups is 2. The zero-order chi connectivity index (χ0) is 21.4. The molecule has 8 heteroatoms. The molecule has 1 saturated heterocycles. The van der Waals surface area contributed by atoms with Crippen LogP contribution in [0.15, 0.2) is 70.9 Å². The van der Waals surface area contributed by atoms with Crippen LogP contribution in [0.5, 0.6) is 0 Å². The van der Waals surface area contributed by atoms with Crippen LogP contribution >= 0.6 is 48.0 Å². The van der Waals surface area contributed by atoms with Crippen molar-refractivity contribution in [2.45, 2.75) is 10.5 Å². The SMILES string of the molecule is CN(N=CC1(C=NN(C)C(=S)c2ccccc2)SCCCS1)C(=S)c1ccccc1. The number of benzene rings is 2. The van der Waals surface area contributed by atoms with Crippen molar-refractivity contribution in [1.29, 1.82) is 0 Å². The third-order valence-corrected chi connectivity index (χ3v) is 8.41. The molecule has 30 heavy (non-hydrogen) atoms. The summed E-state index contributed by atoms with van der Waals surface area (Å²) in [4.78, 5) is 1.37. The minimum Gasteiger partial charge on any atom is -0.257 e. The quantitative estimate of drug-likeness (QED) is 0.329. The first-order valence-corrected chi connectivity index (χ1v) is 12.3. The average molecular weight is 473 g/mol. The van der Waals surface area contributed by atoms with Gasteiger partial charge in [0.1, 0.15) is 14.1 Å². The summed E-state index contributed by atoms with van der Waals surface area (Å²) in [6, 6.07) is 19.8. The standard InChI is InChI=1S/C22H24N4S4/c1-25(20(27)18-10-5-3-6-11-18)23-16-22(29-14-9-15-30-22)17-24-26(2)21(28)19-12-7-4-8-13-19/h3-8,10-13,16-17H,9,14-15H2,1-2H3. The van der Waals surface area contributed by atoms with Crippen LogP contribution in [0, 0.1) is 0 Å². The zero-order valence-corrected chi connectivity index (χ0v) is 20.2. The Labute approximate surface area is 197 Å². The van der Waals surface area contributed by atoms with Gasteiger partial charge in [0.05, 0.1) is 12.4 Å². The van der Waals surface area contributed by atoms with Gasteiger partial charge in [-0.2, -0.15) is 10.2 Å². The fourth-order valence-corrected chi connectivity index (χ4v) is 5.81. The van der Waals surface area contributed by atoms with E-state index < -0.39 is 0 Å². The van der Waals surface area contributed by atoms with Gasteiger partial charge < -0.3 is 0 Å². The number of rotatable bonds is 6. The number of hydrogen-bond acceptors (Lipinski definition) is 6. The van der Waals surface area contributed by atoms with Crippen molar-refractivity contribution in [1.82, 2.24) is 10.0 Å². The zero-order valence-electron chi connectivity index (χ0n) is 17.0. The molecule has 0 radical (unpaired) electrons. The molecule has 0 amide bonds. The van der Waals surface area contributed by atoms with Crippen LogP contribution < -0.4 is 0 Å². The van der Waals surface area contributed by atoms with Gasteiger partial charge in [0, 0.05) is 25.2 Å². The maximum Gasteiger partial charge on any atom is 0.135 e. The van der Waals surface area contributed by atoms with E-state index in [1.54, 1.807) is 10.0 Å². The first-order chi connectivity index (χ1) is 14.5. The predicted molar refractivity (Wildman–Crippen MR) is 141 cm³/mol. The van der Waals surface area contributed by atoms with Crippen LogP contribution in [-0.4, -0.2) is 62.1 Å². The molecule has 1 heterocycles. The van der Waals surface area contributed by atoms with Gasteiger partial charge >= 0.3 is 0 Å². The normalized spacial score (nSPS) is 15.9. The van der Waals surface area contributed by atoms with Crippen molar-refractivity contribution in [2.24, 2.45) is 10.2 Å². The molecular formula is C22H24N4S4. The lowest BCUT2D eigenvalue weighted by atomic mass is 10.2. The van der Waals surface area contributed by atoms with E-state index in [1.807, 2.05) is 111 Å². The molecule has 0 aromatic heterocycles. The second-order valence-corrected chi connectivity index (χ2v) is 10.4. The molecule has 2 aromatic carbocycles. The van der Waals surface area contributed by atoms with Gasteiger partial charge in [0.15, 0.2) is 0 Å². The fourth-order valence-electron chi connectivity index (χ4n) is 2.72. The van der Waals surface area contributed by atoms with Crippen LogP contribution in [-0.2, 0) is 0 Å². The molecule has 1 aliphatic heterocycles. The van der Waals surface area contributed by atoms with Gasteiger partial charge in [-0.3, -0.25) is 10.0 Å². The Balaban J connectivity index is 1.74. The largest absolute Gasteiger partial charge is 0.257 e. The highest BCUT2D eigenvalue weighted by Gasteiger charge is 2.31. The molecule has 4 nitrogen and oxygen atoms in total. The van der Waals surface area contributed by atoms with Crippen molar-refractivity contribution < 1.29 is 0 Å². The molecule has 0 saturated carbocycles. The molecule has 1 aliphatic rings. The Morgan fingerprint density at radius 3 is 1.60 bits per heavy atom. The summed E-state index contributed by atoms with van der Waals surface area (Å²) in [7, 11) is 3.76. The molecular weight excluding hydrogens is 449 g/mol. The number of thioether (sulfide) groups is 2. The smallest absolute Gasteiger partial charge is 0.135 e. The van der Waals surface area contributed by atoms with Gasteiger partial charge in [0.2, 0.25) is 0 Å². The number of hydrogen-bond donors (Lipinski definition) is 0. The monoisotopic (exact) mass is 472 g/mol. The van der Waals surface area contributed by atoms with E-state index in [2.05, 4.69) is 10.2 Å². The van der Waals surface area contributed by atoms with Gasteiger partial charge in [-0.1, -0.05) is 85.1 Å². The molecule has 0 spiro atoms. The molecule has 0 unspecified atom stereocenters. The van der Waals surface area contributed by atoms with E-state index in [1.165, 1.54) is 6.42 Å². The molecule has 156 valence electrons.